The fraction of sp³-hybridized carbons (Fsp3) is 0.289. The zero-order valence-corrected chi connectivity index (χ0v) is 33.7. The molecule has 0 bridgehead atoms. The van der Waals surface area contributed by atoms with Gasteiger partial charge in [-0.2, -0.15) is 0 Å². The fourth-order valence-corrected chi connectivity index (χ4v) is 6.18. The quantitative estimate of drug-likeness (QED) is 0.0894. The number of benzene rings is 2. The van der Waals surface area contributed by atoms with Gasteiger partial charge in [-0.3, -0.25) is 9.59 Å². The molecule has 0 amide bonds. The highest BCUT2D eigenvalue weighted by atomic mass is 79.9. The van der Waals surface area contributed by atoms with Gasteiger partial charge in [-0.1, -0.05) is 14.9 Å². The standard InChI is InChI=1S/C16H13Br2F2NO.C16H11Br2F2NO.C4H8O2.2CH4/c2*1-9(22)4-11(16-14(17)2-3-15(18)21-16)5-10-6-12(19)8-13(20)7-10;1-3-6-4(2)5;;/h2-3,6-8,11H,4-5H2,1H3;2-3,5-8H,4H2,1H3;3H2,1-2H3;2*1H4/b;11-5+;;;/t11-;;;;/m0..../s1. The number of ether oxygens (including phenoxy) is 1. The Kier molecular flexibility index (Phi) is 22.9. The molecule has 0 aliphatic rings. The molecule has 0 N–H and O–H groups in total. The normalized spacial score (nSPS) is 11.0. The third-order valence-electron chi connectivity index (χ3n) is 6.29. The van der Waals surface area contributed by atoms with E-state index in [2.05, 4.69) is 78.4 Å². The summed E-state index contributed by atoms with van der Waals surface area (Å²) in [5, 5.41) is 0. The van der Waals surface area contributed by atoms with E-state index in [1.54, 1.807) is 31.2 Å². The molecule has 0 fully saturated rings. The topological polar surface area (TPSA) is 86.2 Å². The Hall–Kier alpha value is -3.07. The maximum atomic E-state index is 13.3. The van der Waals surface area contributed by atoms with Gasteiger partial charge < -0.3 is 9.53 Å². The number of esters is 1. The van der Waals surface area contributed by atoms with E-state index in [-0.39, 0.29) is 51.1 Å². The number of aromatic nitrogens is 2. The third-order valence-corrected chi connectivity index (χ3v) is 8.49. The Morgan fingerprint density at radius 3 is 1.69 bits per heavy atom. The van der Waals surface area contributed by atoms with Crippen LogP contribution in [0.2, 0.25) is 0 Å². The summed E-state index contributed by atoms with van der Waals surface area (Å²) in [5.41, 5.74) is 2.65. The van der Waals surface area contributed by atoms with E-state index in [1.165, 1.54) is 45.0 Å². The van der Waals surface area contributed by atoms with E-state index < -0.39 is 23.3 Å². The number of hydrogen-bond donors (Lipinski definition) is 0. The Morgan fingerprint density at radius 1 is 0.731 bits per heavy atom. The van der Waals surface area contributed by atoms with Gasteiger partial charge in [-0.05, 0) is 162 Å². The van der Waals surface area contributed by atoms with Crippen molar-refractivity contribution in [3.63, 3.8) is 0 Å². The van der Waals surface area contributed by atoms with Crippen molar-refractivity contribution in [1.82, 2.24) is 9.97 Å². The lowest BCUT2D eigenvalue weighted by atomic mass is 9.91. The van der Waals surface area contributed by atoms with Crippen LogP contribution >= 0.6 is 63.7 Å². The van der Waals surface area contributed by atoms with Gasteiger partial charge in [0.1, 0.15) is 44.0 Å². The number of Topliss-reactive ketones (excluding diaryl/α,β-unsaturated/α-hetero) is 2. The number of carbonyl (C=O) groups excluding carboxylic acids is 3. The Morgan fingerprint density at radius 2 is 1.23 bits per heavy atom. The molecule has 2 aromatic heterocycles. The highest BCUT2D eigenvalue weighted by Gasteiger charge is 2.20. The lowest BCUT2D eigenvalue weighted by molar-refractivity contribution is -0.140. The van der Waals surface area contributed by atoms with Crippen LogP contribution < -0.4 is 0 Å². The van der Waals surface area contributed by atoms with Crippen LogP contribution in [0.25, 0.3) is 11.6 Å². The van der Waals surface area contributed by atoms with Gasteiger partial charge in [0.2, 0.25) is 0 Å². The molecule has 0 spiro atoms. The van der Waals surface area contributed by atoms with E-state index >= 15 is 0 Å². The second kappa shape index (κ2) is 24.3. The van der Waals surface area contributed by atoms with E-state index in [4.69, 9.17) is 0 Å². The largest absolute Gasteiger partial charge is 0.466 e. The van der Waals surface area contributed by atoms with Crippen molar-refractivity contribution in [3.05, 3.63) is 125 Å². The first-order valence-electron chi connectivity index (χ1n) is 14.9. The van der Waals surface area contributed by atoms with Crippen LogP contribution in [-0.4, -0.2) is 34.1 Å². The molecule has 282 valence electrons. The molecule has 4 aromatic rings. The molecule has 0 saturated heterocycles. The van der Waals surface area contributed by atoms with Crippen molar-refractivity contribution >= 4 is 92.9 Å². The van der Waals surface area contributed by atoms with Crippen LogP contribution in [0.4, 0.5) is 17.6 Å². The Balaban J connectivity index is 0.000000837. The maximum absolute atomic E-state index is 13.3. The molecule has 6 nitrogen and oxygen atoms in total. The molecule has 4 rings (SSSR count). The molecular formula is C38H40Br4F4N2O4. The molecule has 2 heterocycles. The first kappa shape index (κ1) is 48.9. The van der Waals surface area contributed by atoms with E-state index in [0.29, 0.717) is 54.8 Å². The minimum absolute atomic E-state index is 0. The molecule has 2 aromatic carbocycles. The zero-order chi connectivity index (χ0) is 37.5. The number of nitrogens with zero attached hydrogens (tertiary/aromatic N) is 2. The summed E-state index contributed by atoms with van der Waals surface area (Å²) in [7, 11) is 0. The van der Waals surface area contributed by atoms with Crippen molar-refractivity contribution in [2.75, 3.05) is 6.61 Å². The molecule has 0 radical (unpaired) electrons. The van der Waals surface area contributed by atoms with Crippen molar-refractivity contribution in [3.8, 4) is 0 Å². The van der Waals surface area contributed by atoms with Crippen LogP contribution in [0.15, 0.2) is 78.8 Å². The Labute approximate surface area is 336 Å². The van der Waals surface area contributed by atoms with Gasteiger partial charge in [0.15, 0.2) is 0 Å². The number of carbonyl (C=O) groups is 3. The SMILES string of the molecule is C.C.CC(=O)C/C(=C\c1cc(F)cc(F)c1)c1nc(Br)ccc1Br.CC(=O)C[C@@H](Cc1cc(F)cc(F)c1)c1nc(Br)ccc1Br.CCOC(C)=O. The summed E-state index contributed by atoms with van der Waals surface area (Å²) < 4.78 is 60.4. The van der Waals surface area contributed by atoms with Crippen LogP contribution in [0.5, 0.6) is 0 Å². The summed E-state index contributed by atoms with van der Waals surface area (Å²) in [5.74, 6) is -3.14. The second-order valence-corrected chi connectivity index (χ2v) is 14.1. The summed E-state index contributed by atoms with van der Waals surface area (Å²) in [4.78, 5) is 41.6. The average Bonchev–Trinajstić information content (AvgIpc) is 2.98. The number of hydrogen-bond acceptors (Lipinski definition) is 6. The van der Waals surface area contributed by atoms with Crippen molar-refractivity contribution in [2.24, 2.45) is 0 Å². The van der Waals surface area contributed by atoms with Crippen LogP contribution in [0, 0.1) is 23.3 Å². The first-order chi connectivity index (χ1) is 23.5. The third kappa shape index (κ3) is 18.1. The lowest BCUT2D eigenvalue weighted by Gasteiger charge is -2.17. The van der Waals surface area contributed by atoms with Crippen molar-refractivity contribution in [1.29, 1.82) is 0 Å². The lowest BCUT2D eigenvalue weighted by Crippen LogP contribution is -2.11. The highest BCUT2D eigenvalue weighted by Crippen LogP contribution is 2.31. The Bertz CT molecular complexity index is 1820. The number of halogens is 8. The van der Waals surface area contributed by atoms with Gasteiger partial charge in [0.05, 0.1) is 18.0 Å². The minimum atomic E-state index is -0.672. The summed E-state index contributed by atoms with van der Waals surface area (Å²) >= 11 is 13.4. The highest BCUT2D eigenvalue weighted by molar-refractivity contribution is 9.11. The van der Waals surface area contributed by atoms with Crippen molar-refractivity contribution < 1.29 is 36.7 Å². The number of rotatable bonds is 10. The molecule has 52 heavy (non-hydrogen) atoms. The molecule has 14 heteroatoms. The number of pyridine rings is 2. The van der Waals surface area contributed by atoms with E-state index in [0.717, 1.165) is 16.6 Å². The van der Waals surface area contributed by atoms with Crippen LogP contribution in [0.3, 0.4) is 0 Å². The van der Waals surface area contributed by atoms with Crippen LogP contribution in [0.1, 0.15) is 83.8 Å². The van der Waals surface area contributed by atoms with Gasteiger partial charge in [-0.25, -0.2) is 27.5 Å². The van der Waals surface area contributed by atoms with Gasteiger partial charge in [0, 0.05) is 46.8 Å². The zero-order valence-electron chi connectivity index (χ0n) is 27.3. The second-order valence-electron chi connectivity index (χ2n) is 10.7. The van der Waals surface area contributed by atoms with E-state index in [9.17, 15) is 31.9 Å². The smallest absolute Gasteiger partial charge is 0.302 e. The predicted molar refractivity (Wildman–Crippen MR) is 213 cm³/mol. The molecular weight excluding hydrogens is 944 g/mol. The fourth-order valence-electron chi connectivity index (χ4n) is 4.52. The molecule has 0 aliphatic carbocycles. The molecule has 0 aliphatic heterocycles. The molecule has 0 unspecified atom stereocenters. The first-order valence-corrected chi connectivity index (χ1v) is 18.0. The average molecular weight is 984 g/mol. The van der Waals surface area contributed by atoms with Gasteiger partial charge in [0.25, 0.3) is 0 Å². The monoisotopic (exact) mass is 980 g/mol. The summed E-state index contributed by atoms with van der Waals surface area (Å²) in [6.07, 6.45) is 2.25. The summed E-state index contributed by atoms with van der Waals surface area (Å²) in [6, 6.07) is 13.7. The molecule has 0 saturated carbocycles. The maximum Gasteiger partial charge on any atom is 0.302 e. The van der Waals surface area contributed by atoms with Gasteiger partial charge >= 0.3 is 5.97 Å². The number of allylic oxidation sites excluding steroid dienone is 1. The molecule has 1 atom stereocenters. The van der Waals surface area contributed by atoms with Gasteiger partial charge in [-0.15, -0.1) is 0 Å². The van der Waals surface area contributed by atoms with Crippen molar-refractivity contribution in [2.45, 2.75) is 67.7 Å². The number of ketones is 2. The summed E-state index contributed by atoms with van der Waals surface area (Å²) in [6.45, 7) is 6.59. The predicted octanol–water partition coefficient (Wildman–Crippen LogP) is 12.4. The van der Waals surface area contributed by atoms with Crippen LogP contribution in [-0.2, 0) is 25.5 Å². The van der Waals surface area contributed by atoms with E-state index in [1.807, 2.05) is 6.07 Å². The minimum Gasteiger partial charge on any atom is -0.466 e.